The van der Waals surface area contributed by atoms with Crippen molar-refractivity contribution in [2.24, 2.45) is 0 Å². The minimum atomic E-state index is -0.0324. The molecule has 0 bridgehead atoms. The van der Waals surface area contributed by atoms with E-state index in [0.29, 0.717) is 16.1 Å². The van der Waals surface area contributed by atoms with Crippen molar-refractivity contribution in [3.8, 4) is 22.3 Å². The van der Waals surface area contributed by atoms with Gasteiger partial charge in [-0.05, 0) is 72.8 Å². The van der Waals surface area contributed by atoms with Crippen LogP contribution in [0.5, 0.6) is 0 Å². The predicted octanol–water partition coefficient (Wildman–Crippen LogP) is 8.81. The molecule has 0 aliphatic heterocycles. The van der Waals surface area contributed by atoms with Gasteiger partial charge in [-0.3, -0.25) is 9.59 Å². The van der Waals surface area contributed by atoms with Crippen molar-refractivity contribution in [1.82, 2.24) is 0 Å². The first-order valence-electron chi connectivity index (χ1n) is 12.3. The van der Waals surface area contributed by atoms with Crippen molar-refractivity contribution in [2.75, 3.05) is 0 Å². The van der Waals surface area contributed by atoms with Crippen LogP contribution in [0.3, 0.4) is 0 Å². The lowest BCUT2D eigenvalue weighted by Crippen LogP contribution is -2.11. The summed E-state index contributed by atoms with van der Waals surface area (Å²) in [5.74, 6) is 0.0389. The van der Waals surface area contributed by atoms with Crippen LogP contribution in [0.25, 0.3) is 65.3 Å². The lowest BCUT2D eigenvalue weighted by Gasteiger charge is -2.25. The molecule has 0 aromatic heterocycles. The molecule has 2 nitrogen and oxygen atoms in total. The third kappa shape index (κ3) is 2.16. The van der Waals surface area contributed by atoms with Gasteiger partial charge in [0.25, 0.3) is 0 Å². The van der Waals surface area contributed by atoms with Crippen molar-refractivity contribution in [1.29, 1.82) is 0 Å². The Morgan fingerprint density at radius 1 is 0.378 bits per heavy atom. The van der Waals surface area contributed by atoms with Crippen LogP contribution < -0.4 is 0 Å². The van der Waals surface area contributed by atoms with E-state index in [0.717, 1.165) is 76.5 Å². The van der Waals surface area contributed by atoms with Gasteiger partial charge >= 0.3 is 0 Å². The van der Waals surface area contributed by atoms with Crippen molar-refractivity contribution in [3.05, 3.63) is 118 Å². The van der Waals surface area contributed by atoms with E-state index in [2.05, 4.69) is 36.4 Å². The second kappa shape index (κ2) is 6.42. The zero-order valence-electron chi connectivity index (χ0n) is 19.4. The third-order valence-electron chi connectivity index (χ3n) is 8.38. The summed E-state index contributed by atoms with van der Waals surface area (Å²) in [7, 11) is 0. The molecular weight excluding hydrogens is 476 g/mol. The third-order valence-corrected chi connectivity index (χ3v) is 8.70. The van der Waals surface area contributed by atoms with E-state index in [-0.39, 0.29) is 11.6 Å². The molecule has 7 aromatic carbocycles. The van der Waals surface area contributed by atoms with Gasteiger partial charge in [-0.1, -0.05) is 84.4 Å². The van der Waals surface area contributed by atoms with Gasteiger partial charge in [0.1, 0.15) is 0 Å². The highest BCUT2D eigenvalue weighted by Gasteiger charge is 2.31. The van der Waals surface area contributed by atoms with Gasteiger partial charge in [0.05, 0.1) is 5.02 Å². The van der Waals surface area contributed by atoms with E-state index in [9.17, 15) is 9.59 Å². The largest absolute Gasteiger partial charge is 0.289 e. The molecule has 0 saturated carbocycles. The van der Waals surface area contributed by atoms with Gasteiger partial charge in [0, 0.05) is 33.0 Å². The van der Waals surface area contributed by atoms with E-state index >= 15 is 0 Å². The van der Waals surface area contributed by atoms with E-state index in [1.165, 1.54) is 0 Å². The topological polar surface area (TPSA) is 34.1 Å². The van der Waals surface area contributed by atoms with Crippen LogP contribution >= 0.6 is 11.6 Å². The SMILES string of the molecule is O=C1c2ccccc2-c2ccc3c4ccc5c6c(ccc(c7ccc1c2c37)c64)-c1cccc(Cl)c1C5=O. The first-order valence-corrected chi connectivity index (χ1v) is 12.7. The van der Waals surface area contributed by atoms with Gasteiger partial charge in [0.15, 0.2) is 11.6 Å². The standard InChI is InChI=1S/C34H15ClO2/c35-27-7-3-6-17-19-10-11-21-22-12-14-25-30-18(16-4-1-2-5-24(16)33(25)36)8-9-20(28(22)30)23-13-15-26(31(19)29(21)23)34(37)32(17)27/h1-15H. The van der Waals surface area contributed by atoms with Gasteiger partial charge in [0.2, 0.25) is 0 Å². The van der Waals surface area contributed by atoms with E-state index in [4.69, 9.17) is 11.6 Å². The second-order valence-electron chi connectivity index (χ2n) is 10.0. The second-order valence-corrected chi connectivity index (χ2v) is 10.4. The van der Waals surface area contributed by atoms with Crippen LogP contribution in [0.15, 0.2) is 91.0 Å². The van der Waals surface area contributed by atoms with Crippen molar-refractivity contribution in [3.63, 3.8) is 0 Å². The molecular formula is C34H15ClO2. The fourth-order valence-electron chi connectivity index (χ4n) is 6.89. The van der Waals surface area contributed by atoms with E-state index in [1.54, 1.807) is 6.07 Å². The molecule has 0 saturated heterocycles. The number of carbonyl (C=O) groups excluding carboxylic acids is 2. The van der Waals surface area contributed by atoms with Crippen molar-refractivity contribution >= 4 is 66.3 Å². The maximum atomic E-state index is 13.6. The highest BCUT2D eigenvalue weighted by molar-refractivity contribution is 6.43. The molecule has 3 heteroatoms. The molecule has 170 valence electrons. The minimum Gasteiger partial charge on any atom is -0.289 e. The molecule has 2 aliphatic carbocycles. The Bertz CT molecular complexity index is 2220. The van der Waals surface area contributed by atoms with Gasteiger partial charge < -0.3 is 0 Å². The average molecular weight is 491 g/mol. The number of hydrogen-bond donors (Lipinski definition) is 0. The fourth-order valence-corrected chi connectivity index (χ4v) is 7.15. The summed E-state index contributed by atoms with van der Waals surface area (Å²) >= 11 is 6.51. The molecule has 0 amide bonds. The summed E-state index contributed by atoms with van der Waals surface area (Å²) in [6.07, 6.45) is 0. The average Bonchev–Trinajstić information content (AvgIpc) is 2.93. The fraction of sp³-hybridized carbons (Fsp3) is 0. The Morgan fingerprint density at radius 2 is 0.865 bits per heavy atom. The molecule has 0 atom stereocenters. The van der Waals surface area contributed by atoms with Crippen LogP contribution in [-0.4, -0.2) is 11.6 Å². The number of halogens is 1. The monoisotopic (exact) mass is 490 g/mol. The molecule has 2 aliphatic rings. The maximum absolute atomic E-state index is 13.6. The molecule has 0 spiro atoms. The first-order chi connectivity index (χ1) is 18.1. The number of fused-ring (bicyclic) bond motifs is 6. The summed E-state index contributed by atoms with van der Waals surface area (Å²) in [6, 6.07) is 30.2. The number of carbonyl (C=O) groups is 2. The molecule has 9 rings (SSSR count). The summed E-state index contributed by atoms with van der Waals surface area (Å²) < 4.78 is 0. The lowest BCUT2D eigenvalue weighted by atomic mass is 9.77. The Hall–Kier alpha value is -4.53. The number of hydrogen-bond acceptors (Lipinski definition) is 2. The zero-order valence-corrected chi connectivity index (χ0v) is 20.1. The summed E-state index contributed by atoms with van der Waals surface area (Å²) in [4.78, 5) is 27.2. The first kappa shape index (κ1) is 19.6. The van der Waals surface area contributed by atoms with Crippen LogP contribution in [0, 0.1) is 0 Å². The Morgan fingerprint density at radius 3 is 1.49 bits per heavy atom. The summed E-state index contributed by atoms with van der Waals surface area (Å²) in [5.41, 5.74) is 6.77. The van der Waals surface area contributed by atoms with Crippen LogP contribution in [0.4, 0.5) is 0 Å². The van der Waals surface area contributed by atoms with Gasteiger partial charge in [-0.25, -0.2) is 0 Å². The van der Waals surface area contributed by atoms with Crippen LogP contribution in [0.2, 0.25) is 5.02 Å². The molecule has 0 fully saturated rings. The molecule has 7 aromatic rings. The maximum Gasteiger partial charge on any atom is 0.195 e. The lowest BCUT2D eigenvalue weighted by molar-refractivity contribution is 0.103. The molecule has 0 N–H and O–H groups in total. The summed E-state index contributed by atoms with van der Waals surface area (Å²) in [5, 5.41) is 9.07. The molecule has 37 heavy (non-hydrogen) atoms. The smallest absolute Gasteiger partial charge is 0.195 e. The Labute approximate surface area is 216 Å². The Balaban J connectivity index is 1.52. The molecule has 0 radical (unpaired) electrons. The summed E-state index contributed by atoms with van der Waals surface area (Å²) in [6.45, 7) is 0. The van der Waals surface area contributed by atoms with Crippen molar-refractivity contribution in [2.45, 2.75) is 0 Å². The van der Waals surface area contributed by atoms with Crippen LogP contribution in [-0.2, 0) is 0 Å². The minimum absolute atomic E-state index is 0.0324. The van der Waals surface area contributed by atoms with Crippen LogP contribution in [0.1, 0.15) is 31.8 Å². The number of rotatable bonds is 0. The highest BCUT2D eigenvalue weighted by atomic mass is 35.5. The highest BCUT2D eigenvalue weighted by Crippen LogP contribution is 2.50. The number of ketones is 2. The van der Waals surface area contributed by atoms with Gasteiger partial charge in [-0.15, -0.1) is 0 Å². The van der Waals surface area contributed by atoms with E-state index < -0.39 is 0 Å². The zero-order chi connectivity index (χ0) is 24.6. The Kier molecular flexibility index (Phi) is 3.41. The molecule has 0 heterocycles. The normalized spacial score (nSPS) is 13.6. The van der Waals surface area contributed by atoms with Gasteiger partial charge in [-0.2, -0.15) is 0 Å². The number of benzene rings is 7. The van der Waals surface area contributed by atoms with E-state index in [1.807, 2.05) is 48.5 Å². The van der Waals surface area contributed by atoms with Crippen molar-refractivity contribution < 1.29 is 9.59 Å². The quantitative estimate of drug-likeness (QED) is 0.157. The predicted molar refractivity (Wildman–Crippen MR) is 150 cm³/mol. The molecule has 0 unspecified atom stereocenters.